The molecule has 4 aromatic carbocycles. The van der Waals surface area contributed by atoms with Gasteiger partial charge in [-0.2, -0.15) is 0 Å². The van der Waals surface area contributed by atoms with Gasteiger partial charge >= 0.3 is 24.1 Å². The summed E-state index contributed by atoms with van der Waals surface area (Å²) >= 11 is 0. The number of carbonyl (C=O) groups excluding carboxylic acids is 4. The third-order valence-corrected chi connectivity index (χ3v) is 11.7. The van der Waals surface area contributed by atoms with Crippen molar-refractivity contribution in [1.29, 1.82) is 0 Å². The molecule has 2 aliphatic rings. The highest BCUT2D eigenvalue weighted by Gasteiger charge is 2.25. The SMILES string of the molecule is NCc1nc(CN)nc(Cc2cccc(Cc3nc(CN)nc(CN)n3)c2/N=N/c2ccc3ccc(-c4c(CCCC5NC(=O)NC(=O)N5)cccc4CCCC4NC(=O)NC(=O)N4)c(N)c3c2O)n1. The number of amides is 8. The molecule has 0 radical (unpaired) electrons. The predicted molar refractivity (Wildman–Crippen MR) is 257 cm³/mol. The molecule has 17 N–H and O–H groups in total. The summed E-state index contributed by atoms with van der Waals surface area (Å²) in [6.45, 7) is 0.337. The molecule has 0 spiro atoms. The molecule has 6 aromatic rings. The summed E-state index contributed by atoms with van der Waals surface area (Å²) in [4.78, 5) is 74.8. The van der Waals surface area contributed by atoms with Crippen molar-refractivity contribution in [3.63, 3.8) is 0 Å². The van der Waals surface area contributed by atoms with E-state index in [0.717, 1.165) is 16.7 Å². The van der Waals surface area contributed by atoms with Crippen LogP contribution in [0.25, 0.3) is 21.9 Å². The van der Waals surface area contributed by atoms with Gasteiger partial charge in [-0.1, -0.05) is 54.6 Å². The highest BCUT2D eigenvalue weighted by atomic mass is 16.3. The number of urea groups is 4. The number of nitrogens with zero attached hydrogens (tertiary/aromatic N) is 8. The zero-order valence-electron chi connectivity index (χ0n) is 38.0. The lowest BCUT2D eigenvalue weighted by molar-refractivity contribution is 0.205. The van der Waals surface area contributed by atoms with Crippen LogP contribution in [0, 0.1) is 0 Å². The van der Waals surface area contributed by atoms with Gasteiger partial charge in [0.05, 0.1) is 37.6 Å². The van der Waals surface area contributed by atoms with E-state index in [4.69, 9.17) is 33.8 Å². The average Bonchev–Trinajstić information content (AvgIpc) is 3.33. The number of hydrogen-bond acceptors (Lipinski definition) is 18. The molecule has 24 nitrogen and oxygen atoms in total. The molecule has 0 atom stereocenters. The van der Waals surface area contributed by atoms with E-state index in [0.29, 0.717) is 112 Å². The van der Waals surface area contributed by atoms with E-state index < -0.39 is 36.5 Å². The first-order valence-corrected chi connectivity index (χ1v) is 22.6. The molecule has 8 amide bonds. The fraction of sp³-hybridized carbons (Fsp3) is 0.304. The molecule has 2 aliphatic heterocycles. The highest BCUT2D eigenvalue weighted by molar-refractivity contribution is 6.06. The van der Waals surface area contributed by atoms with Crippen LogP contribution >= 0.6 is 0 Å². The van der Waals surface area contributed by atoms with Crippen molar-refractivity contribution in [2.75, 3.05) is 5.73 Å². The summed E-state index contributed by atoms with van der Waals surface area (Å²) in [7, 11) is 0. The Labute approximate surface area is 400 Å². The number of imide groups is 2. The Morgan fingerprint density at radius 1 is 0.529 bits per heavy atom. The molecular formula is C46H53N19O5. The standard InChI is InChI=1S/C46H53N19O5/c47-19-34-52-32(53-35(20-48)56-34)17-26-9-2-10-27(18-33-54-36(21-49)57-37(22-50)55-33)41(26)65-64-29-16-14-25-13-15-28(40(51)39(25)42(29)66)38-23(7-3-11-30-58-43(67)62-44(68)59-30)5-1-6-24(38)8-4-12-31-60-45(69)63-46(70)61-31/h1-2,5-6,9-10,13-16,30-31,66H,3-4,7-8,11-12,17-22,47-51H2,(H3,58,59,62,67,68)(H3,60,61,63,69,70)/b65-64+. The lowest BCUT2D eigenvalue weighted by Crippen LogP contribution is -2.61. The highest BCUT2D eigenvalue weighted by Crippen LogP contribution is 2.45. The zero-order chi connectivity index (χ0) is 49.3. The number of anilines is 1. The van der Waals surface area contributed by atoms with Gasteiger partial charge in [-0.15, -0.1) is 10.2 Å². The fourth-order valence-electron chi connectivity index (χ4n) is 8.54. The van der Waals surface area contributed by atoms with Gasteiger partial charge in [-0.3, -0.25) is 10.6 Å². The van der Waals surface area contributed by atoms with Crippen LogP contribution in [0.3, 0.4) is 0 Å². The molecule has 0 aliphatic carbocycles. The minimum absolute atomic E-state index is 0.0843. The lowest BCUT2D eigenvalue weighted by Gasteiger charge is -2.25. The molecule has 0 saturated carbocycles. The van der Waals surface area contributed by atoms with Crippen molar-refractivity contribution < 1.29 is 24.3 Å². The monoisotopic (exact) mass is 951 g/mol. The summed E-state index contributed by atoms with van der Waals surface area (Å²) < 4.78 is 0. The molecule has 24 heteroatoms. The van der Waals surface area contributed by atoms with E-state index in [9.17, 15) is 24.3 Å². The first kappa shape index (κ1) is 48.1. The number of aryl methyl sites for hydroxylation is 2. The zero-order valence-corrected chi connectivity index (χ0v) is 38.0. The second-order valence-electron chi connectivity index (χ2n) is 16.5. The van der Waals surface area contributed by atoms with Crippen LogP contribution in [0.2, 0.25) is 0 Å². The van der Waals surface area contributed by atoms with Gasteiger partial charge < -0.3 is 55.0 Å². The Kier molecular flexibility index (Phi) is 15.0. The molecule has 2 fully saturated rings. The molecule has 2 saturated heterocycles. The average molecular weight is 952 g/mol. The topological polar surface area (TPSA) is 393 Å². The second-order valence-corrected chi connectivity index (χ2v) is 16.5. The minimum atomic E-state index is -0.574. The lowest BCUT2D eigenvalue weighted by atomic mass is 9.87. The van der Waals surface area contributed by atoms with E-state index in [2.05, 4.69) is 66.9 Å². The molecule has 4 heterocycles. The molecule has 2 aromatic heterocycles. The van der Waals surface area contributed by atoms with Gasteiger partial charge in [0.25, 0.3) is 0 Å². The number of azo groups is 1. The summed E-state index contributed by atoms with van der Waals surface area (Å²) in [5, 5.41) is 37.8. The van der Waals surface area contributed by atoms with Gasteiger partial charge in [0.2, 0.25) is 0 Å². The maximum atomic E-state index is 12.1. The summed E-state index contributed by atoms with van der Waals surface area (Å²) in [5.74, 6) is 2.18. The largest absolute Gasteiger partial charge is 0.505 e. The maximum Gasteiger partial charge on any atom is 0.324 e. The molecule has 362 valence electrons. The number of fused-ring (bicyclic) bond motifs is 1. The molecule has 0 bridgehead atoms. The van der Waals surface area contributed by atoms with Crippen LogP contribution in [0.5, 0.6) is 5.75 Å². The van der Waals surface area contributed by atoms with Crippen LogP contribution in [-0.4, -0.2) is 71.5 Å². The van der Waals surface area contributed by atoms with E-state index in [1.54, 1.807) is 12.1 Å². The van der Waals surface area contributed by atoms with Crippen LogP contribution in [-0.2, 0) is 51.9 Å². The van der Waals surface area contributed by atoms with Crippen LogP contribution in [0.1, 0.15) is 82.9 Å². The third-order valence-electron chi connectivity index (χ3n) is 11.7. The molecular weight excluding hydrogens is 899 g/mol. The van der Waals surface area contributed by atoms with Crippen LogP contribution < -0.4 is 60.6 Å². The Balaban J connectivity index is 1.17. The van der Waals surface area contributed by atoms with Gasteiger partial charge in [0.1, 0.15) is 53.0 Å². The Hall–Kier alpha value is -8.32. The maximum absolute atomic E-state index is 12.1. The number of hydrogen-bond donors (Lipinski definition) is 12. The summed E-state index contributed by atoms with van der Waals surface area (Å²) in [6, 6.07) is 16.5. The Morgan fingerprint density at radius 3 is 1.39 bits per heavy atom. The Bertz CT molecular complexity index is 2790. The predicted octanol–water partition coefficient (Wildman–Crippen LogP) is 2.94. The van der Waals surface area contributed by atoms with Gasteiger partial charge in [-0.25, -0.2) is 49.1 Å². The quantitative estimate of drug-likeness (QED) is 0.0410. The number of benzene rings is 4. The van der Waals surface area contributed by atoms with Crippen molar-refractivity contribution in [3.05, 3.63) is 118 Å². The van der Waals surface area contributed by atoms with Gasteiger partial charge in [0, 0.05) is 23.8 Å². The summed E-state index contributed by atoms with van der Waals surface area (Å²) in [5.41, 5.74) is 36.4. The number of carbonyl (C=O) groups is 4. The third kappa shape index (κ3) is 11.3. The first-order chi connectivity index (χ1) is 33.9. The number of aromatic nitrogens is 6. The van der Waals surface area contributed by atoms with E-state index in [1.165, 1.54) is 0 Å². The molecule has 8 rings (SSSR count). The molecule has 70 heavy (non-hydrogen) atoms. The number of nitrogens with two attached hydrogens (primary N) is 5. The van der Waals surface area contributed by atoms with Crippen molar-refractivity contribution in [3.8, 4) is 16.9 Å². The van der Waals surface area contributed by atoms with E-state index in [-0.39, 0.29) is 50.5 Å². The van der Waals surface area contributed by atoms with Crippen molar-refractivity contribution in [2.45, 2.75) is 89.9 Å². The number of nitrogen functional groups attached to an aromatic ring is 1. The van der Waals surface area contributed by atoms with Crippen molar-refractivity contribution in [1.82, 2.24) is 61.8 Å². The number of rotatable bonds is 19. The summed E-state index contributed by atoms with van der Waals surface area (Å²) in [6.07, 6.45) is 2.41. The normalized spacial score (nSPS) is 14.3. The number of phenols is 1. The van der Waals surface area contributed by atoms with Crippen molar-refractivity contribution in [2.24, 2.45) is 33.2 Å². The Morgan fingerprint density at radius 2 is 0.943 bits per heavy atom. The smallest absolute Gasteiger partial charge is 0.324 e. The molecule has 0 unspecified atom stereocenters. The van der Waals surface area contributed by atoms with E-state index in [1.807, 2.05) is 48.5 Å². The van der Waals surface area contributed by atoms with Crippen LogP contribution in [0.15, 0.2) is 70.9 Å². The number of phenolic OH excluding ortho intramolecular Hbond substituents is 1. The fourth-order valence-corrected chi connectivity index (χ4v) is 8.54. The van der Waals surface area contributed by atoms with E-state index >= 15 is 0 Å². The van der Waals surface area contributed by atoms with Crippen LogP contribution in [0.4, 0.5) is 36.2 Å². The number of aromatic hydroxyl groups is 1. The minimum Gasteiger partial charge on any atom is -0.505 e. The van der Waals surface area contributed by atoms with Gasteiger partial charge in [0.15, 0.2) is 5.75 Å². The van der Waals surface area contributed by atoms with Crippen molar-refractivity contribution >= 4 is 52.0 Å². The second kappa shape index (κ2) is 21.8. The number of nitrogens with one attached hydrogen (secondary N) is 6. The first-order valence-electron chi connectivity index (χ1n) is 22.6. The van der Waals surface area contributed by atoms with Gasteiger partial charge in [-0.05, 0) is 77.8 Å².